The Morgan fingerprint density at radius 1 is 1.00 bits per heavy atom. The lowest BCUT2D eigenvalue weighted by Gasteiger charge is -2.08. The summed E-state index contributed by atoms with van der Waals surface area (Å²) in [4.78, 5) is 11.8. The van der Waals surface area contributed by atoms with E-state index in [1.807, 2.05) is 30.3 Å². The van der Waals surface area contributed by atoms with E-state index < -0.39 is 16.8 Å². The smallest absolute Gasteiger partial charge is 0.339 e. The molecule has 134 valence electrons. The second-order valence-corrected chi connectivity index (χ2v) is 7.18. The van der Waals surface area contributed by atoms with Crippen molar-refractivity contribution in [2.45, 2.75) is 30.6 Å². The van der Waals surface area contributed by atoms with Gasteiger partial charge in [-0.3, -0.25) is 4.21 Å². The van der Waals surface area contributed by atoms with Gasteiger partial charge >= 0.3 is 5.97 Å². The lowest BCUT2D eigenvalue weighted by Crippen LogP contribution is -2.01. The van der Waals surface area contributed by atoms with Crippen molar-refractivity contribution < 1.29 is 24.0 Å². The minimum absolute atomic E-state index is 0.166. The van der Waals surface area contributed by atoms with Gasteiger partial charge in [-0.25, -0.2) is 4.79 Å². The second kappa shape index (κ2) is 9.84. The normalized spacial score (nSPS) is 11.8. The lowest BCUT2D eigenvalue weighted by atomic mass is 10.2. The first kappa shape index (κ1) is 19.0. The molecule has 0 aromatic heterocycles. The summed E-state index contributed by atoms with van der Waals surface area (Å²) in [7, 11) is -0.940. The SMILES string of the molecule is O=C(O)c1cc(OCCCCCCS(=O)c2ccccc2)ccc1O. The molecule has 6 heteroatoms. The summed E-state index contributed by atoms with van der Waals surface area (Å²) in [6.07, 6.45) is 3.65. The molecule has 2 N–H and O–H groups in total. The molecule has 0 radical (unpaired) electrons. The van der Waals surface area contributed by atoms with Crippen LogP contribution in [0.25, 0.3) is 0 Å². The highest BCUT2D eigenvalue weighted by atomic mass is 32.2. The summed E-state index contributed by atoms with van der Waals surface area (Å²) >= 11 is 0. The molecule has 5 nitrogen and oxygen atoms in total. The summed E-state index contributed by atoms with van der Waals surface area (Å²) < 4.78 is 17.6. The molecule has 0 spiro atoms. The molecule has 0 heterocycles. The van der Waals surface area contributed by atoms with Crippen molar-refractivity contribution in [1.82, 2.24) is 0 Å². The fourth-order valence-corrected chi connectivity index (χ4v) is 3.51. The molecule has 0 saturated carbocycles. The molecule has 25 heavy (non-hydrogen) atoms. The van der Waals surface area contributed by atoms with Crippen LogP contribution in [0.15, 0.2) is 53.4 Å². The van der Waals surface area contributed by atoms with Crippen LogP contribution in [0, 0.1) is 0 Å². The van der Waals surface area contributed by atoms with E-state index in [-0.39, 0.29) is 11.3 Å². The largest absolute Gasteiger partial charge is 0.507 e. The predicted molar refractivity (Wildman–Crippen MR) is 96.7 cm³/mol. The molecule has 0 bridgehead atoms. The highest BCUT2D eigenvalue weighted by Gasteiger charge is 2.10. The van der Waals surface area contributed by atoms with E-state index >= 15 is 0 Å². The number of rotatable bonds is 10. The third kappa shape index (κ3) is 6.23. The van der Waals surface area contributed by atoms with Crippen LogP contribution < -0.4 is 4.74 Å². The average molecular weight is 362 g/mol. The first-order chi connectivity index (χ1) is 12.1. The van der Waals surface area contributed by atoms with E-state index in [0.29, 0.717) is 18.1 Å². The van der Waals surface area contributed by atoms with Gasteiger partial charge in [0.1, 0.15) is 17.1 Å². The van der Waals surface area contributed by atoms with Crippen LogP contribution in [0.5, 0.6) is 11.5 Å². The first-order valence-electron chi connectivity index (χ1n) is 8.20. The predicted octanol–water partition coefficient (Wildman–Crippen LogP) is 3.84. The third-order valence-corrected chi connectivity index (χ3v) is 5.15. The number of aromatic carboxylic acids is 1. The van der Waals surface area contributed by atoms with E-state index in [1.54, 1.807) is 6.07 Å². The molecule has 0 amide bonds. The van der Waals surface area contributed by atoms with Gasteiger partial charge in [0, 0.05) is 10.6 Å². The van der Waals surface area contributed by atoms with Gasteiger partial charge in [-0.05, 0) is 43.2 Å². The van der Waals surface area contributed by atoms with Crippen molar-refractivity contribution in [2.75, 3.05) is 12.4 Å². The van der Waals surface area contributed by atoms with Gasteiger partial charge in [0.2, 0.25) is 0 Å². The zero-order valence-corrected chi connectivity index (χ0v) is 14.7. The van der Waals surface area contributed by atoms with Crippen molar-refractivity contribution in [1.29, 1.82) is 0 Å². The number of aromatic hydroxyl groups is 1. The molecule has 2 aromatic carbocycles. The number of hydrogen-bond donors (Lipinski definition) is 2. The van der Waals surface area contributed by atoms with Crippen molar-refractivity contribution in [3.63, 3.8) is 0 Å². The number of phenols is 1. The van der Waals surface area contributed by atoms with E-state index in [9.17, 15) is 14.1 Å². The van der Waals surface area contributed by atoms with Gasteiger partial charge in [-0.2, -0.15) is 0 Å². The van der Waals surface area contributed by atoms with E-state index in [4.69, 9.17) is 9.84 Å². The van der Waals surface area contributed by atoms with Crippen LogP contribution in [-0.4, -0.2) is 32.8 Å². The van der Waals surface area contributed by atoms with Crippen LogP contribution in [0.2, 0.25) is 0 Å². The first-order valence-corrected chi connectivity index (χ1v) is 9.52. The maximum Gasteiger partial charge on any atom is 0.339 e. The zero-order chi connectivity index (χ0) is 18.1. The van der Waals surface area contributed by atoms with Crippen molar-refractivity contribution in [3.05, 3.63) is 54.1 Å². The standard InChI is InChI=1S/C19H22O5S/c20-18-11-10-15(14-17(18)19(21)22)24-12-6-1-2-7-13-25(23)16-8-4-3-5-9-16/h3-5,8-11,14,20H,1-2,6-7,12-13H2,(H,21,22). The number of carboxylic acid groups (broad SMARTS) is 1. The van der Waals surface area contributed by atoms with Crippen LogP contribution >= 0.6 is 0 Å². The number of unbranched alkanes of at least 4 members (excludes halogenated alkanes) is 3. The Hall–Kier alpha value is -2.34. The Labute approximate surface area is 149 Å². The van der Waals surface area contributed by atoms with Crippen molar-refractivity contribution in [3.8, 4) is 11.5 Å². The molecule has 0 saturated heterocycles. The Bertz CT molecular complexity index is 715. The maximum absolute atomic E-state index is 12.1. The monoisotopic (exact) mass is 362 g/mol. The van der Waals surface area contributed by atoms with Crippen LogP contribution in [0.3, 0.4) is 0 Å². The Kier molecular flexibility index (Phi) is 7.47. The van der Waals surface area contributed by atoms with E-state index in [2.05, 4.69) is 0 Å². The second-order valence-electron chi connectivity index (χ2n) is 5.61. The van der Waals surface area contributed by atoms with Crippen LogP contribution in [0.1, 0.15) is 36.0 Å². The van der Waals surface area contributed by atoms with Crippen LogP contribution in [-0.2, 0) is 10.8 Å². The molecule has 0 aliphatic heterocycles. The molecule has 1 atom stereocenters. The molecule has 2 aromatic rings. The molecule has 2 rings (SSSR count). The fourth-order valence-electron chi connectivity index (χ4n) is 2.35. The van der Waals surface area contributed by atoms with Crippen molar-refractivity contribution in [2.24, 2.45) is 0 Å². The van der Waals surface area contributed by atoms with Gasteiger partial charge in [0.15, 0.2) is 0 Å². The van der Waals surface area contributed by atoms with Gasteiger partial charge in [0.25, 0.3) is 0 Å². The minimum atomic E-state index is -1.19. The van der Waals surface area contributed by atoms with Gasteiger partial charge in [-0.15, -0.1) is 0 Å². The lowest BCUT2D eigenvalue weighted by molar-refractivity contribution is 0.0693. The fraction of sp³-hybridized carbons (Fsp3) is 0.316. The van der Waals surface area contributed by atoms with Crippen LogP contribution in [0.4, 0.5) is 0 Å². The van der Waals surface area contributed by atoms with Crippen molar-refractivity contribution >= 4 is 16.8 Å². The maximum atomic E-state index is 12.1. The van der Waals surface area contributed by atoms with E-state index in [0.717, 1.165) is 30.6 Å². The van der Waals surface area contributed by atoms with Gasteiger partial charge in [0.05, 0.1) is 17.4 Å². The third-order valence-electron chi connectivity index (χ3n) is 3.70. The molecular weight excluding hydrogens is 340 g/mol. The Balaban J connectivity index is 1.62. The molecule has 1 unspecified atom stereocenters. The number of ether oxygens (including phenoxy) is 1. The molecule has 0 fully saturated rings. The number of carboxylic acids is 1. The Morgan fingerprint density at radius 2 is 1.72 bits per heavy atom. The highest BCUT2D eigenvalue weighted by molar-refractivity contribution is 7.85. The number of carbonyl (C=O) groups is 1. The zero-order valence-electron chi connectivity index (χ0n) is 13.9. The average Bonchev–Trinajstić information content (AvgIpc) is 2.62. The summed E-state index contributed by atoms with van der Waals surface area (Å²) in [6, 6.07) is 13.6. The summed E-state index contributed by atoms with van der Waals surface area (Å²) in [5.74, 6) is -0.369. The Morgan fingerprint density at radius 3 is 2.44 bits per heavy atom. The molecular formula is C19H22O5S. The van der Waals surface area contributed by atoms with E-state index in [1.165, 1.54) is 12.1 Å². The summed E-state index contributed by atoms with van der Waals surface area (Å²) in [5, 5.41) is 18.4. The molecule has 0 aliphatic rings. The summed E-state index contributed by atoms with van der Waals surface area (Å²) in [6.45, 7) is 0.478. The minimum Gasteiger partial charge on any atom is -0.507 e. The van der Waals surface area contributed by atoms with Gasteiger partial charge in [-0.1, -0.05) is 31.0 Å². The topological polar surface area (TPSA) is 83.8 Å². The highest BCUT2D eigenvalue weighted by Crippen LogP contribution is 2.23. The molecule has 0 aliphatic carbocycles. The number of benzene rings is 2. The number of hydrogen-bond acceptors (Lipinski definition) is 4. The van der Waals surface area contributed by atoms with Gasteiger partial charge < -0.3 is 14.9 Å². The quantitative estimate of drug-likeness (QED) is 0.628. The summed E-state index contributed by atoms with van der Waals surface area (Å²) in [5.41, 5.74) is -0.166.